The van der Waals surface area contributed by atoms with Crippen LogP contribution >= 0.6 is 11.8 Å². The number of carbonyl (C=O) groups is 2. The molecular formula is C12H13NO4S. The van der Waals surface area contributed by atoms with Crippen molar-refractivity contribution in [2.24, 2.45) is 0 Å². The van der Waals surface area contributed by atoms with Crippen LogP contribution in [0.5, 0.6) is 5.75 Å². The number of hydrogen-bond acceptors (Lipinski definition) is 4. The van der Waals surface area contributed by atoms with Crippen molar-refractivity contribution in [2.45, 2.75) is 13.0 Å². The fourth-order valence-electron chi connectivity index (χ4n) is 1.83. The maximum Gasteiger partial charge on any atom is 0.327 e. The summed E-state index contributed by atoms with van der Waals surface area (Å²) in [6, 6.07) is 4.05. The molecule has 6 heteroatoms. The van der Waals surface area contributed by atoms with Crippen molar-refractivity contribution in [3.05, 3.63) is 29.3 Å². The van der Waals surface area contributed by atoms with E-state index >= 15 is 0 Å². The molecule has 0 saturated carbocycles. The van der Waals surface area contributed by atoms with Crippen molar-refractivity contribution in [3.8, 4) is 5.75 Å². The van der Waals surface area contributed by atoms with Crippen molar-refractivity contribution in [3.63, 3.8) is 0 Å². The van der Waals surface area contributed by atoms with Gasteiger partial charge in [-0.25, -0.2) is 4.79 Å². The Kier molecular flexibility index (Phi) is 3.47. The lowest BCUT2D eigenvalue weighted by Gasteiger charge is -2.21. The van der Waals surface area contributed by atoms with E-state index in [0.29, 0.717) is 17.2 Å². The average molecular weight is 267 g/mol. The SMILES string of the molecule is Cc1cccc(C(=O)N2CSC[C@H]2C(=O)O)c1O. The van der Waals surface area contributed by atoms with Crippen LogP contribution in [-0.2, 0) is 4.79 Å². The monoisotopic (exact) mass is 267 g/mol. The summed E-state index contributed by atoms with van der Waals surface area (Å²) < 4.78 is 0. The first-order valence-corrected chi connectivity index (χ1v) is 6.58. The first kappa shape index (κ1) is 12.8. The molecule has 2 N–H and O–H groups in total. The Morgan fingerprint density at radius 1 is 1.44 bits per heavy atom. The molecular weight excluding hydrogens is 254 g/mol. The second-order valence-corrected chi connectivity index (χ2v) is 5.10. The number of aryl methyl sites for hydroxylation is 1. The number of benzene rings is 1. The van der Waals surface area contributed by atoms with E-state index < -0.39 is 17.9 Å². The first-order chi connectivity index (χ1) is 8.52. The van der Waals surface area contributed by atoms with Crippen LogP contribution in [0.25, 0.3) is 0 Å². The van der Waals surface area contributed by atoms with Crippen LogP contribution in [0.4, 0.5) is 0 Å². The topological polar surface area (TPSA) is 77.8 Å². The van der Waals surface area contributed by atoms with Crippen LogP contribution in [0.15, 0.2) is 18.2 Å². The van der Waals surface area contributed by atoms with E-state index in [0.717, 1.165) is 0 Å². The molecule has 1 atom stereocenters. The number of carbonyl (C=O) groups excluding carboxylic acids is 1. The normalized spacial score (nSPS) is 18.9. The summed E-state index contributed by atoms with van der Waals surface area (Å²) in [6.45, 7) is 1.69. The van der Waals surface area contributed by atoms with Gasteiger partial charge in [0, 0.05) is 5.75 Å². The molecule has 0 aromatic heterocycles. The summed E-state index contributed by atoms with van der Waals surface area (Å²) in [4.78, 5) is 24.5. The first-order valence-electron chi connectivity index (χ1n) is 5.42. The standard InChI is InChI=1S/C12H13NO4S/c1-7-3-2-4-8(10(7)14)11(15)13-6-18-5-9(13)12(16)17/h2-4,9,14H,5-6H2,1H3,(H,16,17)/t9-/m0/s1. The van der Waals surface area contributed by atoms with E-state index in [2.05, 4.69) is 0 Å². The van der Waals surface area contributed by atoms with Gasteiger partial charge in [0.1, 0.15) is 11.8 Å². The van der Waals surface area contributed by atoms with Gasteiger partial charge in [-0.15, -0.1) is 11.8 Å². The lowest BCUT2D eigenvalue weighted by molar-refractivity contribution is -0.140. The predicted octanol–water partition coefficient (Wildman–Crippen LogP) is 1.30. The number of aromatic hydroxyl groups is 1. The molecule has 2 rings (SSSR count). The van der Waals surface area contributed by atoms with Crippen molar-refractivity contribution in [2.75, 3.05) is 11.6 Å². The molecule has 1 heterocycles. The molecule has 1 aromatic rings. The third-order valence-electron chi connectivity index (χ3n) is 2.90. The van der Waals surface area contributed by atoms with Gasteiger partial charge in [0.25, 0.3) is 5.91 Å². The largest absolute Gasteiger partial charge is 0.507 e. The molecule has 96 valence electrons. The highest BCUT2D eigenvalue weighted by atomic mass is 32.2. The molecule has 0 radical (unpaired) electrons. The van der Waals surface area contributed by atoms with E-state index in [1.54, 1.807) is 19.1 Å². The minimum Gasteiger partial charge on any atom is -0.507 e. The van der Waals surface area contributed by atoms with Gasteiger partial charge in [-0.1, -0.05) is 12.1 Å². The minimum absolute atomic E-state index is 0.0801. The molecule has 1 aliphatic heterocycles. The van der Waals surface area contributed by atoms with Gasteiger partial charge in [-0.05, 0) is 18.6 Å². The van der Waals surface area contributed by atoms with Crippen molar-refractivity contribution in [1.29, 1.82) is 0 Å². The van der Waals surface area contributed by atoms with Gasteiger partial charge in [-0.2, -0.15) is 0 Å². The summed E-state index contributed by atoms with van der Waals surface area (Å²) in [6.07, 6.45) is 0. The summed E-state index contributed by atoms with van der Waals surface area (Å²) in [7, 11) is 0. The highest BCUT2D eigenvalue weighted by Crippen LogP contribution is 2.28. The van der Waals surface area contributed by atoms with Crippen LogP contribution in [0.2, 0.25) is 0 Å². The second kappa shape index (κ2) is 4.89. The molecule has 0 unspecified atom stereocenters. The smallest absolute Gasteiger partial charge is 0.327 e. The van der Waals surface area contributed by atoms with Crippen LogP contribution in [0, 0.1) is 6.92 Å². The Morgan fingerprint density at radius 3 is 2.83 bits per heavy atom. The number of carboxylic acid groups (broad SMARTS) is 1. The Labute approximate surface area is 108 Å². The van der Waals surface area contributed by atoms with Crippen molar-refractivity contribution < 1.29 is 19.8 Å². The van der Waals surface area contributed by atoms with E-state index in [9.17, 15) is 14.7 Å². The molecule has 0 bridgehead atoms. The third-order valence-corrected chi connectivity index (χ3v) is 3.91. The number of hydrogen-bond donors (Lipinski definition) is 2. The highest BCUT2D eigenvalue weighted by Gasteiger charge is 2.35. The van der Waals surface area contributed by atoms with Gasteiger partial charge in [0.05, 0.1) is 11.4 Å². The fraction of sp³-hybridized carbons (Fsp3) is 0.333. The molecule has 1 aromatic carbocycles. The summed E-state index contributed by atoms with van der Waals surface area (Å²) in [5.74, 6) is -0.811. The predicted molar refractivity (Wildman–Crippen MR) is 67.8 cm³/mol. The Bertz CT molecular complexity index is 503. The van der Waals surface area contributed by atoms with E-state index in [1.165, 1.54) is 22.7 Å². The lowest BCUT2D eigenvalue weighted by atomic mass is 10.1. The van der Waals surface area contributed by atoms with Crippen LogP contribution in [-0.4, -0.2) is 44.7 Å². The number of rotatable bonds is 2. The Morgan fingerprint density at radius 2 is 2.17 bits per heavy atom. The van der Waals surface area contributed by atoms with Gasteiger partial charge in [0.2, 0.25) is 0 Å². The lowest BCUT2D eigenvalue weighted by Crippen LogP contribution is -2.41. The van der Waals surface area contributed by atoms with Crippen molar-refractivity contribution >= 4 is 23.6 Å². The number of para-hydroxylation sites is 1. The maximum absolute atomic E-state index is 12.2. The Balaban J connectivity index is 2.31. The minimum atomic E-state index is -1.01. The van der Waals surface area contributed by atoms with Gasteiger partial charge in [0.15, 0.2) is 0 Å². The molecule has 1 fully saturated rings. The highest BCUT2D eigenvalue weighted by molar-refractivity contribution is 7.99. The van der Waals surface area contributed by atoms with Crippen LogP contribution in [0.1, 0.15) is 15.9 Å². The molecule has 5 nitrogen and oxygen atoms in total. The van der Waals surface area contributed by atoms with Gasteiger partial charge >= 0.3 is 5.97 Å². The van der Waals surface area contributed by atoms with Gasteiger partial charge < -0.3 is 15.1 Å². The van der Waals surface area contributed by atoms with Gasteiger partial charge in [-0.3, -0.25) is 4.79 Å². The maximum atomic E-state index is 12.2. The van der Waals surface area contributed by atoms with E-state index in [4.69, 9.17) is 5.11 Å². The third kappa shape index (κ3) is 2.15. The number of carboxylic acids is 1. The number of amides is 1. The zero-order valence-corrected chi connectivity index (χ0v) is 10.6. The van der Waals surface area contributed by atoms with Crippen LogP contribution in [0.3, 0.4) is 0 Å². The quantitative estimate of drug-likeness (QED) is 0.844. The zero-order valence-electron chi connectivity index (χ0n) is 9.79. The number of thioether (sulfide) groups is 1. The summed E-state index contributed by atoms with van der Waals surface area (Å²) >= 11 is 1.39. The number of phenolic OH excluding ortho intramolecular Hbond substituents is 1. The summed E-state index contributed by atoms with van der Waals surface area (Å²) in [5, 5.41) is 18.9. The van der Waals surface area contributed by atoms with E-state index in [1.807, 2.05) is 0 Å². The molecule has 1 amide bonds. The molecule has 18 heavy (non-hydrogen) atoms. The molecule has 1 saturated heterocycles. The average Bonchev–Trinajstić information content (AvgIpc) is 2.81. The Hall–Kier alpha value is -1.69. The second-order valence-electron chi connectivity index (χ2n) is 4.10. The zero-order chi connectivity index (χ0) is 13.3. The van der Waals surface area contributed by atoms with Crippen LogP contribution < -0.4 is 0 Å². The number of aliphatic carboxylic acids is 1. The molecule has 0 aliphatic carbocycles. The molecule has 0 spiro atoms. The number of nitrogens with zero attached hydrogens (tertiary/aromatic N) is 1. The molecule has 1 aliphatic rings. The number of phenols is 1. The van der Waals surface area contributed by atoms with Crippen molar-refractivity contribution in [1.82, 2.24) is 4.90 Å². The summed E-state index contributed by atoms with van der Waals surface area (Å²) in [5.41, 5.74) is 0.753. The fourth-order valence-corrected chi connectivity index (χ4v) is 2.98. The van der Waals surface area contributed by atoms with E-state index in [-0.39, 0.29) is 11.3 Å².